The Kier molecular flexibility index (Phi) is 5.11. The second kappa shape index (κ2) is 7.32. The first-order valence-corrected chi connectivity index (χ1v) is 9.66. The third-order valence-electron chi connectivity index (χ3n) is 4.45. The maximum atomic E-state index is 12.9. The minimum atomic E-state index is -3.57. The molecule has 0 atom stereocenters. The zero-order valence-electron chi connectivity index (χ0n) is 14.7. The van der Waals surface area contributed by atoms with Crippen molar-refractivity contribution in [3.8, 4) is 11.8 Å². The number of benzene rings is 1. The molecule has 1 aliphatic heterocycles. The van der Waals surface area contributed by atoms with Crippen molar-refractivity contribution in [2.75, 3.05) is 38.2 Å². The van der Waals surface area contributed by atoms with Gasteiger partial charge in [-0.1, -0.05) is 0 Å². The van der Waals surface area contributed by atoms with Gasteiger partial charge in [-0.3, -0.25) is 0 Å². The Bertz CT molecular complexity index is 945. The van der Waals surface area contributed by atoms with Gasteiger partial charge in [-0.25, -0.2) is 13.4 Å². The number of pyridine rings is 1. The van der Waals surface area contributed by atoms with Gasteiger partial charge in [0.25, 0.3) is 0 Å². The van der Waals surface area contributed by atoms with Crippen molar-refractivity contribution in [3.05, 3.63) is 47.7 Å². The summed E-state index contributed by atoms with van der Waals surface area (Å²) in [6.07, 6.45) is 1.64. The predicted molar refractivity (Wildman–Crippen MR) is 97.7 cm³/mol. The van der Waals surface area contributed by atoms with E-state index in [0.717, 1.165) is 5.56 Å². The number of sulfonamides is 1. The number of piperazine rings is 1. The summed E-state index contributed by atoms with van der Waals surface area (Å²) in [5.41, 5.74) is 1.27. The number of ether oxygens (including phenoxy) is 1. The molecule has 0 N–H and O–H groups in total. The number of aromatic nitrogens is 1. The van der Waals surface area contributed by atoms with Crippen LogP contribution in [0.2, 0.25) is 0 Å². The average Bonchev–Trinajstić information content (AvgIpc) is 2.68. The number of methoxy groups -OCH3 is 1. The molecule has 2 heterocycles. The van der Waals surface area contributed by atoms with Gasteiger partial charge in [-0.15, -0.1) is 0 Å². The van der Waals surface area contributed by atoms with E-state index in [1.807, 2.05) is 11.8 Å². The maximum Gasteiger partial charge on any atom is 0.243 e. The van der Waals surface area contributed by atoms with Crippen molar-refractivity contribution >= 4 is 15.8 Å². The molecular formula is C18H20N4O3S. The van der Waals surface area contributed by atoms with Crippen LogP contribution >= 0.6 is 0 Å². The Labute approximate surface area is 153 Å². The van der Waals surface area contributed by atoms with Crippen molar-refractivity contribution in [2.45, 2.75) is 11.8 Å². The summed E-state index contributed by atoms with van der Waals surface area (Å²) in [5, 5.41) is 9.21. The average molecular weight is 372 g/mol. The minimum Gasteiger partial charge on any atom is -0.496 e. The Morgan fingerprint density at radius 2 is 1.92 bits per heavy atom. The van der Waals surface area contributed by atoms with E-state index < -0.39 is 10.0 Å². The number of nitriles is 1. The van der Waals surface area contributed by atoms with Gasteiger partial charge >= 0.3 is 0 Å². The molecule has 0 unspecified atom stereocenters. The van der Waals surface area contributed by atoms with E-state index in [-0.39, 0.29) is 4.90 Å². The fourth-order valence-electron chi connectivity index (χ4n) is 3.04. The quantitative estimate of drug-likeness (QED) is 0.813. The highest BCUT2D eigenvalue weighted by Gasteiger charge is 2.29. The second-order valence-electron chi connectivity index (χ2n) is 6.01. The summed E-state index contributed by atoms with van der Waals surface area (Å²) in [5.74, 6) is 1.26. The minimum absolute atomic E-state index is 0.264. The largest absolute Gasteiger partial charge is 0.496 e. The molecule has 0 bridgehead atoms. The molecule has 0 radical (unpaired) electrons. The molecular weight excluding hydrogens is 352 g/mol. The van der Waals surface area contributed by atoms with Crippen molar-refractivity contribution in [1.29, 1.82) is 5.26 Å². The zero-order valence-corrected chi connectivity index (χ0v) is 15.5. The lowest BCUT2D eigenvalue weighted by Gasteiger charge is -2.35. The van der Waals surface area contributed by atoms with Crippen LogP contribution in [0, 0.1) is 18.3 Å². The molecule has 1 fully saturated rings. The third kappa shape index (κ3) is 3.36. The summed E-state index contributed by atoms with van der Waals surface area (Å²) < 4.78 is 32.5. The number of aryl methyl sites for hydroxylation is 1. The van der Waals surface area contributed by atoms with E-state index in [0.29, 0.717) is 43.3 Å². The molecule has 0 amide bonds. The summed E-state index contributed by atoms with van der Waals surface area (Å²) in [7, 11) is -2.01. The van der Waals surface area contributed by atoms with Gasteiger partial charge in [-0.05, 0) is 42.8 Å². The summed E-state index contributed by atoms with van der Waals surface area (Å²) in [6.45, 7) is 3.48. The van der Waals surface area contributed by atoms with Crippen LogP contribution in [0.25, 0.3) is 0 Å². The van der Waals surface area contributed by atoms with Crippen LogP contribution in [0.4, 0.5) is 5.82 Å². The van der Waals surface area contributed by atoms with Gasteiger partial charge in [0, 0.05) is 32.4 Å². The molecule has 1 saturated heterocycles. The molecule has 136 valence electrons. The lowest BCUT2D eigenvalue weighted by Crippen LogP contribution is -2.49. The standard InChI is InChI=1S/C18H20N4O3S/c1-14-12-16(5-6-17(14)25-2)26(23,24)22-10-8-21(9-11-22)18-15(13-19)4-3-7-20-18/h3-7,12H,8-11H2,1-2H3. The number of anilines is 1. The first kappa shape index (κ1) is 18.2. The van der Waals surface area contributed by atoms with Crippen LogP contribution in [0.1, 0.15) is 11.1 Å². The van der Waals surface area contributed by atoms with Gasteiger partial charge in [0.15, 0.2) is 0 Å². The molecule has 2 aromatic rings. The van der Waals surface area contributed by atoms with Crippen LogP contribution in [0.15, 0.2) is 41.4 Å². The van der Waals surface area contributed by atoms with Crippen molar-refractivity contribution < 1.29 is 13.2 Å². The molecule has 0 aliphatic carbocycles. The first-order valence-electron chi connectivity index (χ1n) is 8.22. The van der Waals surface area contributed by atoms with Crippen molar-refractivity contribution in [2.24, 2.45) is 0 Å². The first-order chi connectivity index (χ1) is 12.5. The maximum absolute atomic E-state index is 12.9. The van der Waals surface area contributed by atoms with Crippen LogP contribution < -0.4 is 9.64 Å². The predicted octanol–water partition coefficient (Wildman–Crippen LogP) is 1.78. The smallest absolute Gasteiger partial charge is 0.243 e. The highest BCUT2D eigenvalue weighted by molar-refractivity contribution is 7.89. The molecule has 1 aromatic heterocycles. The van der Waals surface area contributed by atoms with Gasteiger partial charge in [0.2, 0.25) is 10.0 Å². The van der Waals surface area contributed by atoms with Crippen LogP contribution in [-0.4, -0.2) is 51.0 Å². The van der Waals surface area contributed by atoms with Gasteiger partial charge in [-0.2, -0.15) is 9.57 Å². The van der Waals surface area contributed by atoms with Gasteiger partial charge in [0.05, 0.1) is 17.6 Å². The number of hydrogen-bond acceptors (Lipinski definition) is 6. The molecule has 0 saturated carbocycles. The number of hydrogen-bond donors (Lipinski definition) is 0. The van der Waals surface area contributed by atoms with E-state index >= 15 is 0 Å². The molecule has 3 rings (SSSR count). The van der Waals surface area contributed by atoms with Gasteiger partial charge in [0.1, 0.15) is 17.6 Å². The monoisotopic (exact) mass is 372 g/mol. The van der Waals surface area contributed by atoms with Crippen molar-refractivity contribution in [3.63, 3.8) is 0 Å². The van der Waals surface area contributed by atoms with Crippen LogP contribution in [0.3, 0.4) is 0 Å². The Morgan fingerprint density at radius 1 is 1.19 bits per heavy atom. The Morgan fingerprint density at radius 3 is 2.54 bits per heavy atom. The molecule has 26 heavy (non-hydrogen) atoms. The SMILES string of the molecule is COc1ccc(S(=O)(=O)N2CCN(c3ncccc3C#N)CC2)cc1C. The van der Waals surface area contributed by atoms with Crippen LogP contribution in [-0.2, 0) is 10.0 Å². The van der Waals surface area contributed by atoms with Crippen molar-refractivity contribution in [1.82, 2.24) is 9.29 Å². The molecule has 1 aliphatic rings. The van der Waals surface area contributed by atoms with E-state index in [2.05, 4.69) is 11.1 Å². The van der Waals surface area contributed by atoms with E-state index in [4.69, 9.17) is 4.74 Å². The second-order valence-corrected chi connectivity index (χ2v) is 7.95. The van der Waals surface area contributed by atoms with E-state index in [9.17, 15) is 13.7 Å². The fourth-order valence-corrected chi connectivity index (χ4v) is 4.54. The summed E-state index contributed by atoms with van der Waals surface area (Å²) in [6, 6.07) is 10.4. The van der Waals surface area contributed by atoms with Crippen LogP contribution in [0.5, 0.6) is 5.75 Å². The Balaban J connectivity index is 1.77. The lowest BCUT2D eigenvalue weighted by molar-refractivity contribution is 0.383. The summed E-state index contributed by atoms with van der Waals surface area (Å²) >= 11 is 0. The normalized spacial score (nSPS) is 15.5. The highest BCUT2D eigenvalue weighted by Crippen LogP contribution is 2.25. The highest BCUT2D eigenvalue weighted by atomic mass is 32.2. The van der Waals surface area contributed by atoms with Gasteiger partial charge < -0.3 is 9.64 Å². The lowest BCUT2D eigenvalue weighted by atomic mass is 10.2. The molecule has 0 spiro atoms. The Hall–Kier alpha value is -2.63. The van der Waals surface area contributed by atoms with E-state index in [1.165, 1.54) is 4.31 Å². The third-order valence-corrected chi connectivity index (χ3v) is 6.34. The topological polar surface area (TPSA) is 86.5 Å². The zero-order chi connectivity index (χ0) is 18.7. The number of rotatable bonds is 4. The summed E-state index contributed by atoms with van der Waals surface area (Å²) in [4.78, 5) is 6.48. The molecule has 1 aromatic carbocycles. The van der Waals surface area contributed by atoms with E-state index in [1.54, 1.807) is 43.6 Å². The fraction of sp³-hybridized carbons (Fsp3) is 0.333. The molecule has 7 nitrogen and oxygen atoms in total. The molecule has 8 heteroatoms. The number of nitrogens with zero attached hydrogens (tertiary/aromatic N) is 4.